The van der Waals surface area contributed by atoms with E-state index in [-0.39, 0.29) is 25.5 Å². The Balaban J connectivity index is 2.52. The lowest BCUT2D eigenvalue weighted by Crippen LogP contribution is -2.39. The quantitative estimate of drug-likeness (QED) is 0.769. The molecule has 0 heterocycles. The molecule has 0 aromatic heterocycles. The van der Waals surface area contributed by atoms with Crippen LogP contribution in [-0.4, -0.2) is 58.2 Å². The number of methoxy groups -OCH3 is 1. The monoisotopic (exact) mass is 334 g/mol. The standard InChI is InChI=1S/C13H19ClN2O4S/c1-20-9-8-16(21(2,18)19)7-6-15-13(17)11-4-3-5-12(14)10-11/h3-5,10H,6-9H2,1-2H3,(H,15,17). The molecule has 0 aliphatic heterocycles. The first kappa shape index (κ1) is 17.9. The van der Waals surface area contributed by atoms with E-state index in [2.05, 4.69) is 5.32 Å². The van der Waals surface area contributed by atoms with Gasteiger partial charge in [0.25, 0.3) is 5.91 Å². The highest BCUT2D eigenvalue weighted by Crippen LogP contribution is 2.10. The fourth-order valence-electron chi connectivity index (χ4n) is 1.66. The third-order valence-corrected chi connectivity index (χ3v) is 4.29. The Kier molecular flexibility index (Phi) is 7.10. The lowest BCUT2D eigenvalue weighted by atomic mass is 10.2. The molecule has 1 aromatic carbocycles. The number of carbonyl (C=O) groups is 1. The molecule has 6 nitrogen and oxygen atoms in total. The molecule has 0 saturated carbocycles. The molecule has 8 heteroatoms. The Morgan fingerprint density at radius 3 is 2.67 bits per heavy atom. The number of ether oxygens (including phenoxy) is 1. The van der Waals surface area contributed by atoms with Crippen molar-refractivity contribution in [3.63, 3.8) is 0 Å². The fourth-order valence-corrected chi connectivity index (χ4v) is 2.68. The van der Waals surface area contributed by atoms with E-state index in [1.807, 2.05) is 0 Å². The molecule has 0 atom stereocenters. The lowest BCUT2D eigenvalue weighted by molar-refractivity contribution is 0.0950. The SMILES string of the molecule is COCCN(CCNC(=O)c1cccc(Cl)c1)S(C)(=O)=O. The second-order valence-corrected chi connectivity index (χ2v) is 6.84. The van der Waals surface area contributed by atoms with E-state index in [9.17, 15) is 13.2 Å². The van der Waals surface area contributed by atoms with Gasteiger partial charge < -0.3 is 10.1 Å². The zero-order chi connectivity index (χ0) is 15.9. The Hall–Kier alpha value is -1.15. The first-order chi connectivity index (χ1) is 9.84. The van der Waals surface area contributed by atoms with Crippen molar-refractivity contribution < 1.29 is 17.9 Å². The number of benzene rings is 1. The van der Waals surface area contributed by atoms with Gasteiger partial charge in [-0.25, -0.2) is 8.42 Å². The summed E-state index contributed by atoms with van der Waals surface area (Å²) in [6.45, 7) is 0.953. The number of sulfonamides is 1. The van der Waals surface area contributed by atoms with Crippen LogP contribution in [0.5, 0.6) is 0 Å². The van der Waals surface area contributed by atoms with Crippen LogP contribution < -0.4 is 5.32 Å². The number of rotatable bonds is 8. The summed E-state index contributed by atoms with van der Waals surface area (Å²) < 4.78 is 29.3. The molecule has 118 valence electrons. The summed E-state index contributed by atoms with van der Waals surface area (Å²) in [6, 6.07) is 6.55. The van der Waals surface area contributed by atoms with Gasteiger partial charge in [-0.2, -0.15) is 4.31 Å². The molecule has 1 aromatic rings. The minimum absolute atomic E-state index is 0.189. The Morgan fingerprint density at radius 2 is 2.10 bits per heavy atom. The van der Waals surface area contributed by atoms with Crippen LogP contribution in [0.25, 0.3) is 0 Å². The minimum Gasteiger partial charge on any atom is -0.383 e. The molecule has 0 unspecified atom stereocenters. The van der Waals surface area contributed by atoms with Crippen LogP contribution in [0.4, 0.5) is 0 Å². The van der Waals surface area contributed by atoms with Gasteiger partial charge in [0, 0.05) is 37.3 Å². The maximum atomic E-state index is 11.9. The fraction of sp³-hybridized carbons (Fsp3) is 0.462. The molecule has 0 aliphatic carbocycles. The summed E-state index contributed by atoms with van der Waals surface area (Å²) in [5, 5.41) is 3.13. The molecule has 0 radical (unpaired) electrons. The Bertz CT molecular complexity index is 577. The highest BCUT2D eigenvalue weighted by atomic mass is 35.5. The molecule has 21 heavy (non-hydrogen) atoms. The molecule has 1 N–H and O–H groups in total. The van der Waals surface area contributed by atoms with Crippen molar-refractivity contribution in [3.8, 4) is 0 Å². The van der Waals surface area contributed by atoms with Crippen molar-refractivity contribution in [1.29, 1.82) is 0 Å². The van der Waals surface area contributed by atoms with Gasteiger partial charge in [-0.3, -0.25) is 4.79 Å². The summed E-state index contributed by atoms with van der Waals surface area (Å²) in [5.74, 6) is -0.294. The van der Waals surface area contributed by atoms with E-state index in [1.54, 1.807) is 24.3 Å². The van der Waals surface area contributed by atoms with Crippen LogP contribution >= 0.6 is 11.6 Å². The van der Waals surface area contributed by atoms with Gasteiger partial charge in [0.05, 0.1) is 12.9 Å². The van der Waals surface area contributed by atoms with Crippen LogP contribution in [0.2, 0.25) is 5.02 Å². The summed E-state index contributed by atoms with van der Waals surface area (Å²) in [4.78, 5) is 11.9. The molecule has 1 amide bonds. The van der Waals surface area contributed by atoms with E-state index in [4.69, 9.17) is 16.3 Å². The van der Waals surface area contributed by atoms with Crippen molar-refractivity contribution >= 4 is 27.5 Å². The van der Waals surface area contributed by atoms with Crippen molar-refractivity contribution in [1.82, 2.24) is 9.62 Å². The highest BCUT2D eigenvalue weighted by Gasteiger charge is 2.16. The summed E-state index contributed by atoms with van der Waals surface area (Å²) in [7, 11) is -1.82. The predicted molar refractivity (Wildman–Crippen MR) is 82.1 cm³/mol. The number of amides is 1. The van der Waals surface area contributed by atoms with Gasteiger partial charge in [-0.05, 0) is 18.2 Å². The second kappa shape index (κ2) is 8.33. The van der Waals surface area contributed by atoms with E-state index >= 15 is 0 Å². The van der Waals surface area contributed by atoms with Crippen molar-refractivity contribution in [2.24, 2.45) is 0 Å². The molecule has 0 bridgehead atoms. The summed E-state index contributed by atoms with van der Waals surface area (Å²) >= 11 is 5.81. The number of hydrogen-bond acceptors (Lipinski definition) is 4. The zero-order valence-electron chi connectivity index (χ0n) is 12.0. The molecular weight excluding hydrogens is 316 g/mol. The molecule has 0 fully saturated rings. The number of nitrogens with one attached hydrogen (secondary N) is 1. The number of hydrogen-bond donors (Lipinski definition) is 1. The largest absolute Gasteiger partial charge is 0.383 e. The van der Waals surface area contributed by atoms with E-state index < -0.39 is 10.0 Å². The first-order valence-electron chi connectivity index (χ1n) is 6.32. The van der Waals surface area contributed by atoms with Crippen molar-refractivity contribution in [2.75, 3.05) is 39.6 Å². The van der Waals surface area contributed by atoms with Crippen LogP contribution in [0.1, 0.15) is 10.4 Å². The van der Waals surface area contributed by atoms with E-state index in [1.165, 1.54) is 11.4 Å². The van der Waals surface area contributed by atoms with Gasteiger partial charge in [0.2, 0.25) is 10.0 Å². The molecule has 0 aliphatic rings. The number of halogens is 1. The maximum Gasteiger partial charge on any atom is 0.251 e. The maximum absolute atomic E-state index is 11.9. The Morgan fingerprint density at radius 1 is 1.38 bits per heavy atom. The predicted octanol–water partition coefficient (Wildman–Crippen LogP) is 0.978. The highest BCUT2D eigenvalue weighted by molar-refractivity contribution is 7.88. The topological polar surface area (TPSA) is 75.7 Å². The molecule has 0 saturated heterocycles. The van der Waals surface area contributed by atoms with Crippen LogP contribution in [0.15, 0.2) is 24.3 Å². The van der Waals surface area contributed by atoms with Crippen LogP contribution in [0.3, 0.4) is 0 Å². The average Bonchev–Trinajstić information content (AvgIpc) is 2.41. The minimum atomic E-state index is -3.33. The first-order valence-corrected chi connectivity index (χ1v) is 8.55. The average molecular weight is 335 g/mol. The smallest absolute Gasteiger partial charge is 0.251 e. The normalized spacial score (nSPS) is 11.6. The van der Waals surface area contributed by atoms with Crippen LogP contribution in [0, 0.1) is 0 Å². The van der Waals surface area contributed by atoms with E-state index in [0.717, 1.165) is 6.26 Å². The molecular formula is C13H19ClN2O4S. The lowest BCUT2D eigenvalue weighted by Gasteiger charge is -2.19. The molecule has 0 spiro atoms. The van der Waals surface area contributed by atoms with Crippen molar-refractivity contribution in [3.05, 3.63) is 34.9 Å². The number of carbonyl (C=O) groups excluding carboxylic acids is 1. The summed E-state index contributed by atoms with van der Waals surface area (Å²) in [6.07, 6.45) is 1.13. The summed E-state index contributed by atoms with van der Waals surface area (Å²) in [5.41, 5.74) is 0.435. The third-order valence-electron chi connectivity index (χ3n) is 2.75. The van der Waals surface area contributed by atoms with Gasteiger partial charge in [-0.15, -0.1) is 0 Å². The molecule has 1 rings (SSSR count). The Labute approximate surface area is 130 Å². The van der Waals surface area contributed by atoms with Crippen LogP contribution in [-0.2, 0) is 14.8 Å². The second-order valence-electron chi connectivity index (χ2n) is 4.42. The van der Waals surface area contributed by atoms with Crippen molar-refractivity contribution in [2.45, 2.75) is 0 Å². The number of nitrogens with zero attached hydrogens (tertiary/aromatic N) is 1. The zero-order valence-corrected chi connectivity index (χ0v) is 13.6. The van der Waals surface area contributed by atoms with Gasteiger partial charge >= 0.3 is 0 Å². The van der Waals surface area contributed by atoms with Gasteiger partial charge in [-0.1, -0.05) is 17.7 Å². The van der Waals surface area contributed by atoms with Gasteiger partial charge in [0.1, 0.15) is 0 Å². The van der Waals surface area contributed by atoms with E-state index in [0.29, 0.717) is 17.2 Å². The third kappa shape index (κ3) is 6.43. The van der Waals surface area contributed by atoms with Gasteiger partial charge in [0.15, 0.2) is 0 Å².